The van der Waals surface area contributed by atoms with Crippen LogP contribution >= 0.6 is 0 Å². The van der Waals surface area contributed by atoms with Crippen molar-refractivity contribution < 1.29 is 4.39 Å². The number of hydrogen-bond donors (Lipinski definition) is 1. The number of hydrogen-bond acceptors (Lipinski definition) is 1. The summed E-state index contributed by atoms with van der Waals surface area (Å²) in [5, 5.41) is 3.41. The van der Waals surface area contributed by atoms with Crippen LogP contribution in [0.25, 0.3) is 0 Å². The van der Waals surface area contributed by atoms with Gasteiger partial charge in [0.25, 0.3) is 0 Å². The molecular weight excluding hydrogens is 201 g/mol. The van der Waals surface area contributed by atoms with Crippen molar-refractivity contribution in [3.8, 4) is 0 Å². The van der Waals surface area contributed by atoms with E-state index in [-0.39, 0.29) is 11.2 Å². The van der Waals surface area contributed by atoms with Crippen LogP contribution in [0.5, 0.6) is 0 Å². The Morgan fingerprint density at radius 1 is 1.19 bits per heavy atom. The molecule has 1 aliphatic rings. The molecule has 0 saturated carbocycles. The first-order valence-electron chi connectivity index (χ1n) is 5.89. The van der Waals surface area contributed by atoms with E-state index >= 15 is 0 Å². The van der Waals surface area contributed by atoms with Gasteiger partial charge in [-0.2, -0.15) is 0 Å². The van der Waals surface area contributed by atoms with Crippen LogP contribution in [-0.4, -0.2) is 13.1 Å². The van der Waals surface area contributed by atoms with Gasteiger partial charge >= 0.3 is 0 Å². The summed E-state index contributed by atoms with van der Waals surface area (Å²) in [7, 11) is 0. The number of benzene rings is 1. The zero-order chi connectivity index (χ0) is 11.4. The van der Waals surface area contributed by atoms with Gasteiger partial charge in [-0.15, -0.1) is 0 Å². The van der Waals surface area contributed by atoms with Gasteiger partial charge in [0.15, 0.2) is 0 Å². The minimum Gasteiger partial charge on any atom is -0.316 e. The molecule has 0 saturated heterocycles. The fourth-order valence-corrected chi connectivity index (χ4v) is 2.35. The first kappa shape index (κ1) is 11.3. The molecule has 0 aliphatic heterocycles. The molecular formula is C14H18FN. The maximum atomic E-state index is 12.9. The molecule has 0 spiro atoms. The maximum Gasteiger partial charge on any atom is 0.123 e. The first-order valence-corrected chi connectivity index (χ1v) is 5.89. The van der Waals surface area contributed by atoms with E-state index in [1.807, 2.05) is 12.1 Å². The van der Waals surface area contributed by atoms with Crippen molar-refractivity contribution in [1.82, 2.24) is 5.32 Å². The summed E-state index contributed by atoms with van der Waals surface area (Å²) in [5.41, 5.74) is 1.38. The summed E-state index contributed by atoms with van der Waals surface area (Å²) in [6.45, 7) is 4.05. The van der Waals surface area contributed by atoms with Gasteiger partial charge in [-0.05, 0) is 37.1 Å². The maximum absolute atomic E-state index is 12.9. The normalized spacial score (nSPS) is 17.9. The highest BCUT2D eigenvalue weighted by Crippen LogP contribution is 2.36. The van der Waals surface area contributed by atoms with Gasteiger partial charge in [-0.3, -0.25) is 0 Å². The Balaban J connectivity index is 2.21. The predicted molar refractivity (Wildman–Crippen MR) is 65.0 cm³/mol. The van der Waals surface area contributed by atoms with Crippen molar-refractivity contribution in [3.63, 3.8) is 0 Å². The molecule has 16 heavy (non-hydrogen) atoms. The van der Waals surface area contributed by atoms with Crippen molar-refractivity contribution in [2.24, 2.45) is 0 Å². The Morgan fingerprint density at radius 2 is 1.81 bits per heavy atom. The lowest BCUT2D eigenvalue weighted by Gasteiger charge is -2.30. The zero-order valence-electron chi connectivity index (χ0n) is 9.67. The summed E-state index contributed by atoms with van der Waals surface area (Å²) in [5.74, 6) is -0.159. The van der Waals surface area contributed by atoms with Crippen LogP contribution in [-0.2, 0) is 5.41 Å². The molecule has 0 unspecified atom stereocenters. The molecule has 86 valence electrons. The van der Waals surface area contributed by atoms with E-state index in [1.54, 1.807) is 12.1 Å². The van der Waals surface area contributed by atoms with Gasteiger partial charge in [0.1, 0.15) is 5.82 Å². The Labute approximate surface area is 96.4 Å². The molecule has 0 bridgehead atoms. The standard InChI is InChI=1S/C14H18FN/c1-2-16-11-14(9-3-4-10-14)12-5-7-13(15)8-6-12/h3-8,16H,2,9-11H2,1H3. The molecule has 0 atom stereocenters. The molecule has 2 heteroatoms. The molecule has 1 aliphatic carbocycles. The number of likely N-dealkylation sites (N-methyl/N-ethyl adjacent to an activating group) is 1. The highest BCUT2D eigenvalue weighted by Gasteiger charge is 2.32. The smallest absolute Gasteiger partial charge is 0.123 e. The van der Waals surface area contributed by atoms with Gasteiger partial charge in [-0.25, -0.2) is 4.39 Å². The largest absolute Gasteiger partial charge is 0.316 e. The summed E-state index contributed by atoms with van der Waals surface area (Å²) >= 11 is 0. The summed E-state index contributed by atoms with van der Waals surface area (Å²) in [6, 6.07) is 6.95. The fraction of sp³-hybridized carbons (Fsp3) is 0.429. The van der Waals surface area contributed by atoms with E-state index in [9.17, 15) is 4.39 Å². The fourth-order valence-electron chi connectivity index (χ4n) is 2.35. The van der Waals surface area contributed by atoms with Crippen LogP contribution in [0.15, 0.2) is 36.4 Å². The average Bonchev–Trinajstić information content (AvgIpc) is 2.77. The van der Waals surface area contributed by atoms with E-state index in [4.69, 9.17) is 0 Å². The third-order valence-electron chi connectivity index (χ3n) is 3.35. The third kappa shape index (κ3) is 2.17. The molecule has 0 heterocycles. The van der Waals surface area contributed by atoms with Gasteiger partial charge in [0, 0.05) is 12.0 Å². The van der Waals surface area contributed by atoms with Gasteiger partial charge in [0.05, 0.1) is 0 Å². The highest BCUT2D eigenvalue weighted by molar-refractivity contribution is 5.31. The van der Waals surface area contributed by atoms with Crippen molar-refractivity contribution in [3.05, 3.63) is 47.8 Å². The minimum atomic E-state index is -0.159. The molecule has 1 aromatic carbocycles. The molecule has 0 aromatic heterocycles. The van der Waals surface area contributed by atoms with E-state index in [0.717, 1.165) is 25.9 Å². The van der Waals surface area contributed by atoms with Crippen molar-refractivity contribution in [2.45, 2.75) is 25.2 Å². The quantitative estimate of drug-likeness (QED) is 0.767. The van der Waals surface area contributed by atoms with E-state index in [1.165, 1.54) is 5.56 Å². The van der Waals surface area contributed by atoms with E-state index in [0.29, 0.717) is 0 Å². The Morgan fingerprint density at radius 3 is 2.38 bits per heavy atom. The first-order chi connectivity index (χ1) is 7.77. The van der Waals surface area contributed by atoms with Crippen molar-refractivity contribution >= 4 is 0 Å². The number of nitrogens with one attached hydrogen (secondary N) is 1. The second-order valence-electron chi connectivity index (χ2n) is 4.45. The van der Waals surface area contributed by atoms with Crippen LogP contribution in [0.4, 0.5) is 4.39 Å². The predicted octanol–water partition coefficient (Wildman–Crippen LogP) is 3.02. The number of halogens is 1. The Hall–Kier alpha value is -1.15. The Kier molecular flexibility index (Phi) is 3.39. The van der Waals surface area contributed by atoms with Gasteiger partial charge in [0.2, 0.25) is 0 Å². The Bertz CT molecular complexity index is 359. The lowest BCUT2D eigenvalue weighted by atomic mass is 9.78. The molecule has 0 amide bonds. The molecule has 1 nitrogen and oxygen atoms in total. The highest BCUT2D eigenvalue weighted by atomic mass is 19.1. The monoisotopic (exact) mass is 219 g/mol. The van der Waals surface area contributed by atoms with Crippen LogP contribution < -0.4 is 5.32 Å². The molecule has 1 aromatic rings. The minimum absolute atomic E-state index is 0.143. The molecule has 0 fully saturated rings. The van der Waals surface area contributed by atoms with Crippen molar-refractivity contribution in [1.29, 1.82) is 0 Å². The van der Waals surface area contributed by atoms with Crippen LogP contribution in [0.2, 0.25) is 0 Å². The number of allylic oxidation sites excluding steroid dienone is 2. The topological polar surface area (TPSA) is 12.0 Å². The third-order valence-corrected chi connectivity index (χ3v) is 3.35. The second-order valence-corrected chi connectivity index (χ2v) is 4.45. The van der Waals surface area contributed by atoms with Crippen LogP contribution in [0.1, 0.15) is 25.3 Å². The SMILES string of the molecule is CCNCC1(c2ccc(F)cc2)CC=CC1. The van der Waals surface area contributed by atoms with Gasteiger partial charge in [-0.1, -0.05) is 31.2 Å². The van der Waals surface area contributed by atoms with E-state index in [2.05, 4.69) is 24.4 Å². The molecule has 1 N–H and O–H groups in total. The summed E-state index contributed by atoms with van der Waals surface area (Å²) in [4.78, 5) is 0. The van der Waals surface area contributed by atoms with Crippen molar-refractivity contribution in [2.75, 3.05) is 13.1 Å². The number of rotatable bonds is 4. The summed E-state index contributed by atoms with van der Waals surface area (Å²) in [6.07, 6.45) is 6.54. The molecule has 0 radical (unpaired) electrons. The van der Waals surface area contributed by atoms with Crippen LogP contribution in [0.3, 0.4) is 0 Å². The lowest BCUT2D eigenvalue weighted by Crippen LogP contribution is -2.36. The summed E-state index contributed by atoms with van der Waals surface area (Å²) < 4.78 is 12.9. The second kappa shape index (κ2) is 4.79. The average molecular weight is 219 g/mol. The zero-order valence-corrected chi connectivity index (χ0v) is 9.67. The van der Waals surface area contributed by atoms with E-state index < -0.39 is 0 Å². The lowest BCUT2D eigenvalue weighted by molar-refractivity contribution is 0.423. The van der Waals surface area contributed by atoms with Gasteiger partial charge < -0.3 is 5.32 Å². The van der Waals surface area contributed by atoms with Crippen LogP contribution in [0, 0.1) is 5.82 Å². The molecule has 2 rings (SSSR count).